The van der Waals surface area contributed by atoms with Crippen molar-refractivity contribution in [3.8, 4) is 11.5 Å². The summed E-state index contributed by atoms with van der Waals surface area (Å²) in [5.41, 5.74) is 0. The van der Waals surface area contributed by atoms with Crippen LogP contribution in [0.4, 0.5) is 0 Å². The quantitative estimate of drug-likeness (QED) is 0.905. The third-order valence-corrected chi connectivity index (χ3v) is 4.85. The lowest BCUT2D eigenvalue weighted by Crippen LogP contribution is -2.43. The molecule has 3 rings (SSSR count). The second-order valence-corrected chi connectivity index (χ2v) is 6.60. The first kappa shape index (κ1) is 16.6. The Morgan fingerprint density at radius 3 is 2.54 bits per heavy atom. The van der Waals surface area contributed by atoms with E-state index in [-0.39, 0.29) is 18.6 Å². The summed E-state index contributed by atoms with van der Waals surface area (Å²) in [6.45, 7) is 2.26. The molecule has 1 saturated carbocycles. The zero-order chi connectivity index (χ0) is 16.9. The maximum Gasteiger partial charge on any atom is 0.258 e. The number of ether oxygens (including phenoxy) is 2. The van der Waals surface area contributed by atoms with Gasteiger partial charge in [-0.25, -0.2) is 0 Å². The van der Waals surface area contributed by atoms with E-state index in [1.54, 1.807) is 7.11 Å². The number of nitrogens with one attached hydrogen (secondary N) is 1. The summed E-state index contributed by atoms with van der Waals surface area (Å²) in [4.78, 5) is 12.1. The number of hydrogen-bond acceptors (Lipinski definition) is 3. The lowest BCUT2D eigenvalue weighted by Gasteiger charge is -2.29. The molecule has 0 heterocycles. The molecule has 0 aliphatic heterocycles. The van der Waals surface area contributed by atoms with Gasteiger partial charge in [-0.15, -0.1) is 0 Å². The normalized spacial score (nSPS) is 20.6. The van der Waals surface area contributed by atoms with Gasteiger partial charge >= 0.3 is 0 Å². The molecule has 0 unspecified atom stereocenters. The molecule has 0 radical (unpaired) electrons. The van der Waals surface area contributed by atoms with Gasteiger partial charge in [0.2, 0.25) is 0 Å². The van der Waals surface area contributed by atoms with Crippen molar-refractivity contribution in [3.05, 3.63) is 36.4 Å². The predicted octanol–water partition coefficient (Wildman–Crippen LogP) is 3.92. The number of rotatable bonds is 5. The molecular formula is C20H25NO3. The van der Waals surface area contributed by atoms with Crippen molar-refractivity contribution in [1.29, 1.82) is 0 Å². The summed E-state index contributed by atoms with van der Waals surface area (Å²) in [7, 11) is 1.65. The van der Waals surface area contributed by atoms with E-state index >= 15 is 0 Å². The predicted molar refractivity (Wildman–Crippen MR) is 95.6 cm³/mol. The Kier molecular flexibility index (Phi) is 5.24. The van der Waals surface area contributed by atoms with Crippen LogP contribution in [0.3, 0.4) is 0 Å². The summed E-state index contributed by atoms with van der Waals surface area (Å²) < 4.78 is 10.9. The first-order chi connectivity index (χ1) is 11.7. The van der Waals surface area contributed by atoms with Gasteiger partial charge in [0.1, 0.15) is 11.5 Å². The van der Waals surface area contributed by atoms with Gasteiger partial charge in [-0.1, -0.05) is 31.9 Å². The minimum Gasteiger partial charge on any atom is -0.497 e. The fraction of sp³-hybridized carbons (Fsp3) is 0.450. The molecule has 0 spiro atoms. The minimum absolute atomic E-state index is 0.0421. The van der Waals surface area contributed by atoms with Gasteiger partial charge in [-0.3, -0.25) is 4.79 Å². The minimum atomic E-state index is -0.0421. The molecule has 4 nitrogen and oxygen atoms in total. The van der Waals surface area contributed by atoms with Crippen LogP contribution in [0.2, 0.25) is 0 Å². The van der Waals surface area contributed by atoms with Gasteiger partial charge in [0.05, 0.1) is 7.11 Å². The average Bonchev–Trinajstić information content (AvgIpc) is 2.61. The summed E-state index contributed by atoms with van der Waals surface area (Å²) in [6.07, 6.45) is 4.73. The van der Waals surface area contributed by atoms with Crippen LogP contribution in [0.5, 0.6) is 11.5 Å². The third kappa shape index (κ3) is 3.99. The number of carbonyl (C=O) groups is 1. The first-order valence-corrected chi connectivity index (χ1v) is 8.65. The Balaban J connectivity index is 1.59. The van der Waals surface area contributed by atoms with Crippen molar-refractivity contribution in [2.24, 2.45) is 5.92 Å². The van der Waals surface area contributed by atoms with Crippen LogP contribution in [0, 0.1) is 5.92 Å². The molecule has 0 aromatic heterocycles. The van der Waals surface area contributed by atoms with Crippen molar-refractivity contribution in [1.82, 2.24) is 5.32 Å². The SMILES string of the molecule is COc1ccc2ccc(OCC(=O)N[C@H]3CCCC[C@H]3C)cc2c1. The van der Waals surface area contributed by atoms with Gasteiger partial charge in [0.15, 0.2) is 6.61 Å². The maximum absolute atomic E-state index is 12.1. The van der Waals surface area contributed by atoms with Crippen LogP contribution in [-0.2, 0) is 4.79 Å². The van der Waals surface area contributed by atoms with Gasteiger partial charge in [-0.05, 0) is 53.8 Å². The highest BCUT2D eigenvalue weighted by Gasteiger charge is 2.22. The van der Waals surface area contributed by atoms with E-state index in [9.17, 15) is 4.79 Å². The maximum atomic E-state index is 12.1. The van der Waals surface area contributed by atoms with Crippen LogP contribution in [0.25, 0.3) is 10.8 Å². The Hall–Kier alpha value is -2.23. The number of carbonyl (C=O) groups excluding carboxylic acids is 1. The monoisotopic (exact) mass is 327 g/mol. The number of fused-ring (bicyclic) bond motifs is 1. The Bertz CT molecular complexity index is 713. The van der Waals surface area contributed by atoms with Crippen LogP contribution in [-0.4, -0.2) is 25.7 Å². The standard InChI is InChI=1S/C20H25NO3/c1-14-5-3-4-6-19(14)21-20(22)13-24-18-10-8-15-7-9-17(23-2)11-16(15)12-18/h7-12,14,19H,3-6,13H2,1-2H3,(H,21,22)/t14-,19+/m1/s1. The zero-order valence-corrected chi connectivity index (χ0v) is 14.4. The topological polar surface area (TPSA) is 47.6 Å². The van der Waals surface area contributed by atoms with Gasteiger partial charge in [-0.2, -0.15) is 0 Å². The smallest absolute Gasteiger partial charge is 0.258 e. The molecule has 0 bridgehead atoms. The molecule has 2 atom stereocenters. The summed E-state index contributed by atoms with van der Waals surface area (Å²) in [5, 5.41) is 5.26. The van der Waals surface area contributed by atoms with Crippen molar-refractivity contribution in [2.75, 3.05) is 13.7 Å². The van der Waals surface area contributed by atoms with Gasteiger partial charge < -0.3 is 14.8 Å². The van der Waals surface area contributed by atoms with Crippen molar-refractivity contribution < 1.29 is 14.3 Å². The molecule has 0 saturated heterocycles. The second kappa shape index (κ2) is 7.56. The van der Waals surface area contributed by atoms with Crippen LogP contribution >= 0.6 is 0 Å². The fourth-order valence-electron chi connectivity index (χ4n) is 3.35. The van der Waals surface area contributed by atoms with Crippen LogP contribution in [0.15, 0.2) is 36.4 Å². The highest BCUT2D eigenvalue weighted by Crippen LogP contribution is 2.25. The zero-order valence-electron chi connectivity index (χ0n) is 14.4. The number of methoxy groups -OCH3 is 1. The van der Waals surface area contributed by atoms with Crippen molar-refractivity contribution >= 4 is 16.7 Å². The molecule has 1 aliphatic carbocycles. The van der Waals surface area contributed by atoms with Crippen LogP contribution in [0.1, 0.15) is 32.6 Å². The van der Waals surface area contributed by atoms with E-state index < -0.39 is 0 Å². The van der Waals surface area contributed by atoms with E-state index in [1.807, 2.05) is 36.4 Å². The third-order valence-electron chi connectivity index (χ3n) is 4.85. The molecule has 4 heteroatoms. The second-order valence-electron chi connectivity index (χ2n) is 6.60. The summed E-state index contributed by atoms with van der Waals surface area (Å²) in [5.74, 6) is 2.02. The summed E-state index contributed by atoms with van der Waals surface area (Å²) >= 11 is 0. The highest BCUT2D eigenvalue weighted by atomic mass is 16.5. The van der Waals surface area contributed by atoms with E-state index in [0.29, 0.717) is 11.7 Å². The van der Waals surface area contributed by atoms with E-state index in [2.05, 4.69) is 12.2 Å². The first-order valence-electron chi connectivity index (χ1n) is 8.65. The molecule has 2 aromatic carbocycles. The fourth-order valence-corrected chi connectivity index (χ4v) is 3.35. The van der Waals surface area contributed by atoms with Crippen molar-refractivity contribution in [2.45, 2.75) is 38.6 Å². The van der Waals surface area contributed by atoms with E-state index in [1.165, 1.54) is 19.3 Å². The Labute approximate surface area is 143 Å². The van der Waals surface area contributed by atoms with E-state index in [4.69, 9.17) is 9.47 Å². The van der Waals surface area contributed by atoms with Gasteiger partial charge in [0.25, 0.3) is 5.91 Å². The highest BCUT2D eigenvalue weighted by molar-refractivity contribution is 5.85. The number of amides is 1. The molecule has 1 amide bonds. The molecule has 1 N–H and O–H groups in total. The number of benzene rings is 2. The summed E-state index contributed by atoms with van der Waals surface area (Å²) in [6, 6.07) is 12.0. The Morgan fingerprint density at radius 2 is 1.79 bits per heavy atom. The average molecular weight is 327 g/mol. The number of hydrogen-bond donors (Lipinski definition) is 1. The van der Waals surface area contributed by atoms with Crippen molar-refractivity contribution in [3.63, 3.8) is 0 Å². The Morgan fingerprint density at radius 1 is 1.08 bits per heavy atom. The lowest BCUT2D eigenvalue weighted by atomic mass is 9.86. The molecule has 1 fully saturated rings. The molecule has 128 valence electrons. The molecule has 2 aromatic rings. The molecular weight excluding hydrogens is 302 g/mol. The lowest BCUT2D eigenvalue weighted by molar-refractivity contribution is -0.124. The largest absolute Gasteiger partial charge is 0.497 e. The molecule has 1 aliphatic rings. The van der Waals surface area contributed by atoms with Gasteiger partial charge in [0, 0.05) is 6.04 Å². The van der Waals surface area contributed by atoms with Crippen LogP contribution < -0.4 is 14.8 Å². The molecule has 24 heavy (non-hydrogen) atoms. The van der Waals surface area contributed by atoms with E-state index in [0.717, 1.165) is 22.9 Å².